The maximum absolute atomic E-state index is 12.3. The summed E-state index contributed by atoms with van der Waals surface area (Å²) in [6.07, 6.45) is 61.2. The molecule has 3 N–H and O–H groups in total. The lowest BCUT2D eigenvalue weighted by Crippen LogP contribution is -2.45. The van der Waals surface area contributed by atoms with Crippen molar-refractivity contribution in [3.8, 4) is 0 Å². The first kappa shape index (κ1) is 51.4. The number of nitrogens with one attached hydrogen (secondary N) is 1. The summed E-state index contributed by atoms with van der Waals surface area (Å²) in [5.41, 5.74) is 0. The van der Waals surface area contributed by atoms with E-state index < -0.39 is 12.1 Å². The largest absolute Gasteiger partial charge is 0.394 e. The predicted molar refractivity (Wildman–Crippen MR) is 235 cm³/mol. The van der Waals surface area contributed by atoms with Crippen LogP contribution in [0.15, 0.2) is 48.6 Å². The molecule has 0 rings (SSSR count). The van der Waals surface area contributed by atoms with Gasteiger partial charge in [-0.1, -0.05) is 217 Å². The zero-order chi connectivity index (χ0) is 38.6. The van der Waals surface area contributed by atoms with Crippen molar-refractivity contribution in [2.24, 2.45) is 0 Å². The molecule has 1 amide bonds. The highest BCUT2D eigenvalue weighted by Gasteiger charge is 2.17. The van der Waals surface area contributed by atoms with Crippen molar-refractivity contribution >= 4 is 5.91 Å². The van der Waals surface area contributed by atoms with Crippen molar-refractivity contribution in [3.05, 3.63) is 48.6 Å². The molecule has 4 nitrogen and oxygen atoms in total. The third-order valence-corrected chi connectivity index (χ3v) is 10.5. The first-order chi connectivity index (χ1) is 26.2. The fourth-order valence-corrected chi connectivity index (χ4v) is 6.98. The Morgan fingerprint density at radius 3 is 1.19 bits per heavy atom. The lowest BCUT2D eigenvalue weighted by atomic mass is 10.0. The molecular formula is C49H91NO3. The molecule has 0 saturated heterocycles. The molecule has 0 aromatic heterocycles. The molecule has 53 heavy (non-hydrogen) atoms. The molecule has 0 aliphatic carbocycles. The van der Waals surface area contributed by atoms with Crippen molar-refractivity contribution in [3.63, 3.8) is 0 Å². The van der Waals surface area contributed by atoms with Crippen molar-refractivity contribution in [1.29, 1.82) is 0 Å². The number of aliphatic hydroxyl groups excluding tert-OH is 2. The summed E-state index contributed by atoms with van der Waals surface area (Å²) in [6.45, 7) is 4.17. The molecule has 2 atom stereocenters. The van der Waals surface area contributed by atoms with E-state index in [0.717, 1.165) is 44.9 Å². The Hall–Kier alpha value is -1.65. The highest BCUT2D eigenvalue weighted by atomic mass is 16.3. The van der Waals surface area contributed by atoms with Gasteiger partial charge in [-0.05, 0) is 64.2 Å². The van der Waals surface area contributed by atoms with Gasteiger partial charge in [0, 0.05) is 6.42 Å². The maximum Gasteiger partial charge on any atom is 0.220 e. The fraction of sp³-hybridized carbons (Fsp3) is 0.816. The molecule has 0 saturated carbocycles. The smallest absolute Gasteiger partial charge is 0.220 e. The zero-order valence-electron chi connectivity index (χ0n) is 35.5. The normalized spacial score (nSPS) is 13.4. The van der Waals surface area contributed by atoms with Gasteiger partial charge in [-0.3, -0.25) is 4.79 Å². The molecule has 0 radical (unpaired) electrons. The molecule has 0 bridgehead atoms. The number of rotatable bonds is 42. The Morgan fingerprint density at radius 1 is 0.453 bits per heavy atom. The van der Waals surface area contributed by atoms with Gasteiger partial charge in [0.2, 0.25) is 5.91 Å². The van der Waals surface area contributed by atoms with Crippen LogP contribution in [0.4, 0.5) is 0 Å². The van der Waals surface area contributed by atoms with Gasteiger partial charge < -0.3 is 15.5 Å². The quantitative estimate of drug-likeness (QED) is 0.0431. The second-order valence-electron chi connectivity index (χ2n) is 15.8. The summed E-state index contributed by atoms with van der Waals surface area (Å²) in [4.78, 5) is 12.3. The van der Waals surface area contributed by atoms with E-state index in [9.17, 15) is 15.0 Å². The van der Waals surface area contributed by atoms with Crippen molar-refractivity contribution < 1.29 is 15.0 Å². The van der Waals surface area contributed by atoms with Crippen LogP contribution in [0.1, 0.15) is 239 Å². The lowest BCUT2D eigenvalue weighted by Gasteiger charge is -2.19. The highest BCUT2D eigenvalue weighted by molar-refractivity contribution is 5.76. The Balaban J connectivity index is 3.43. The number of hydrogen-bond donors (Lipinski definition) is 3. The van der Waals surface area contributed by atoms with Gasteiger partial charge >= 0.3 is 0 Å². The fourth-order valence-electron chi connectivity index (χ4n) is 6.98. The van der Waals surface area contributed by atoms with Crippen LogP contribution in [-0.4, -0.2) is 34.9 Å². The van der Waals surface area contributed by atoms with Gasteiger partial charge in [-0.25, -0.2) is 0 Å². The molecule has 0 spiro atoms. The van der Waals surface area contributed by atoms with Gasteiger partial charge in [-0.15, -0.1) is 0 Å². The monoisotopic (exact) mass is 742 g/mol. The Bertz CT molecular complexity index is 847. The third-order valence-electron chi connectivity index (χ3n) is 10.5. The van der Waals surface area contributed by atoms with Crippen LogP contribution in [0.3, 0.4) is 0 Å². The summed E-state index contributed by atoms with van der Waals surface area (Å²) in [6, 6.07) is -0.642. The molecule has 0 aliphatic rings. The van der Waals surface area contributed by atoms with Crippen molar-refractivity contribution in [2.75, 3.05) is 6.61 Å². The number of carbonyl (C=O) groups is 1. The topological polar surface area (TPSA) is 69.6 Å². The molecular weight excluding hydrogens is 651 g/mol. The zero-order valence-corrected chi connectivity index (χ0v) is 35.5. The molecule has 4 heteroatoms. The Labute approximate surface area is 331 Å². The van der Waals surface area contributed by atoms with Crippen LogP contribution in [-0.2, 0) is 4.79 Å². The summed E-state index contributed by atoms with van der Waals surface area (Å²) < 4.78 is 0. The highest BCUT2D eigenvalue weighted by Crippen LogP contribution is 2.16. The average molecular weight is 742 g/mol. The number of allylic oxidation sites excluding steroid dienone is 7. The summed E-state index contributed by atoms with van der Waals surface area (Å²) in [5, 5.41) is 22.9. The van der Waals surface area contributed by atoms with E-state index in [-0.39, 0.29) is 12.5 Å². The van der Waals surface area contributed by atoms with Crippen LogP contribution >= 0.6 is 0 Å². The molecule has 0 aromatic rings. The summed E-state index contributed by atoms with van der Waals surface area (Å²) in [7, 11) is 0. The van der Waals surface area contributed by atoms with Gasteiger partial charge in [0.15, 0.2) is 0 Å². The van der Waals surface area contributed by atoms with E-state index in [4.69, 9.17) is 0 Å². The standard InChI is InChI=1S/C49H91NO3/c1-3-5-7-9-11-13-15-16-17-18-19-20-21-22-23-24-25-26-27-28-29-30-31-32-33-34-35-37-39-41-43-45-49(53)50-47(46-51)48(52)44-42-40-38-36-14-12-10-8-6-4-2/h6,8,14,18-19,36,42,44,47-48,51-52H,3-5,7,9-13,15-17,20-35,37-41,43,45-46H2,1-2H3,(H,50,53)/b8-6+,19-18-,36-14+,44-42+. The summed E-state index contributed by atoms with van der Waals surface area (Å²) in [5.74, 6) is -0.0787. The van der Waals surface area contributed by atoms with E-state index in [1.807, 2.05) is 6.08 Å². The average Bonchev–Trinajstić information content (AvgIpc) is 3.16. The molecule has 0 aliphatic heterocycles. The Kier molecular flexibility index (Phi) is 43.4. The van der Waals surface area contributed by atoms with Crippen molar-refractivity contribution in [1.82, 2.24) is 5.32 Å². The number of hydrogen-bond acceptors (Lipinski definition) is 3. The van der Waals surface area contributed by atoms with E-state index in [0.29, 0.717) is 6.42 Å². The van der Waals surface area contributed by atoms with Gasteiger partial charge in [-0.2, -0.15) is 0 Å². The van der Waals surface area contributed by atoms with Crippen molar-refractivity contribution in [2.45, 2.75) is 251 Å². The molecule has 2 unspecified atom stereocenters. The molecule has 0 aromatic carbocycles. The van der Waals surface area contributed by atoms with Gasteiger partial charge in [0.25, 0.3) is 0 Å². The van der Waals surface area contributed by atoms with Crippen LogP contribution < -0.4 is 5.32 Å². The number of aliphatic hydroxyl groups is 2. The minimum Gasteiger partial charge on any atom is -0.394 e. The second-order valence-corrected chi connectivity index (χ2v) is 15.8. The Morgan fingerprint density at radius 2 is 0.792 bits per heavy atom. The molecule has 0 fully saturated rings. The second kappa shape index (κ2) is 44.7. The minimum atomic E-state index is -0.867. The van der Waals surface area contributed by atoms with E-state index in [2.05, 4.69) is 55.6 Å². The number of unbranched alkanes of at least 4 members (excludes halogenated alkanes) is 29. The van der Waals surface area contributed by atoms with E-state index in [1.54, 1.807) is 6.08 Å². The first-order valence-electron chi connectivity index (χ1n) is 23.4. The van der Waals surface area contributed by atoms with E-state index >= 15 is 0 Å². The SMILES string of the molecule is CC/C=C/CC/C=C/CC/C=C/C(O)C(CO)NC(=O)CCCCCCCCCCCCCCCCCCCCC/C=C\CCCCCCCCCC. The van der Waals surface area contributed by atoms with Gasteiger partial charge in [0.1, 0.15) is 0 Å². The van der Waals surface area contributed by atoms with Crippen LogP contribution in [0.2, 0.25) is 0 Å². The summed E-state index contributed by atoms with van der Waals surface area (Å²) >= 11 is 0. The maximum atomic E-state index is 12.3. The molecule has 0 heterocycles. The minimum absolute atomic E-state index is 0.0787. The first-order valence-corrected chi connectivity index (χ1v) is 23.4. The van der Waals surface area contributed by atoms with E-state index in [1.165, 1.54) is 173 Å². The van der Waals surface area contributed by atoms with Crippen LogP contribution in [0.25, 0.3) is 0 Å². The van der Waals surface area contributed by atoms with Crippen LogP contribution in [0, 0.1) is 0 Å². The van der Waals surface area contributed by atoms with Crippen LogP contribution in [0.5, 0.6) is 0 Å². The number of carbonyl (C=O) groups excluding carboxylic acids is 1. The molecule has 310 valence electrons. The third kappa shape index (κ3) is 41.4. The van der Waals surface area contributed by atoms with Gasteiger partial charge in [0.05, 0.1) is 18.8 Å². The predicted octanol–water partition coefficient (Wildman–Crippen LogP) is 14.7. The number of amides is 1. The lowest BCUT2D eigenvalue weighted by molar-refractivity contribution is -0.123.